The summed E-state index contributed by atoms with van der Waals surface area (Å²) in [6.45, 7) is 4.20. The Hall–Kier alpha value is -0.830. The molecule has 0 unspecified atom stereocenters. The number of fused-ring (bicyclic) bond motifs is 1. The highest BCUT2D eigenvalue weighted by Gasteiger charge is 2.39. The van der Waals surface area contributed by atoms with Gasteiger partial charge in [-0.3, -0.25) is 4.79 Å². The van der Waals surface area contributed by atoms with Crippen molar-refractivity contribution in [1.29, 1.82) is 0 Å². The molecule has 3 aliphatic rings. The van der Waals surface area contributed by atoms with Crippen LogP contribution in [-0.2, 0) is 4.79 Å². The molecule has 3 nitrogen and oxygen atoms in total. The van der Waals surface area contributed by atoms with Crippen molar-refractivity contribution in [2.24, 2.45) is 17.8 Å². The van der Waals surface area contributed by atoms with Gasteiger partial charge in [-0.05, 0) is 24.7 Å². The van der Waals surface area contributed by atoms with E-state index in [2.05, 4.69) is 22.4 Å². The molecule has 2 heterocycles. The van der Waals surface area contributed by atoms with E-state index in [4.69, 9.17) is 0 Å². The summed E-state index contributed by atoms with van der Waals surface area (Å²) in [6.07, 6.45) is 6.20. The van der Waals surface area contributed by atoms with E-state index in [-0.39, 0.29) is 5.92 Å². The second kappa shape index (κ2) is 3.63. The standard InChI is InChI=1S/C12H18N2O/c15-12(9-3-1-2-4-9)14-7-10-5-13-6-11(10)8-14/h1-2,9-11,13H,3-8H2/t10-,11+. The van der Waals surface area contributed by atoms with Crippen LogP contribution in [0.3, 0.4) is 0 Å². The number of rotatable bonds is 1. The predicted octanol–water partition coefficient (Wildman–Crippen LogP) is 0.630. The summed E-state index contributed by atoms with van der Waals surface area (Å²) in [5.74, 6) is 2.11. The molecule has 3 rings (SSSR count). The molecule has 2 saturated heterocycles. The lowest BCUT2D eigenvalue weighted by Crippen LogP contribution is -2.35. The average molecular weight is 206 g/mol. The normalized spacial score (nSPS) is 35.1. The molecular weight excluding hydrogens is 188 g/mol. The van der Waals surface area contributed by atoms with Gasteiger partial charge in [-0.25, -0.2) is 0 Å². The first kappa shape index (κ1) is 9.40. The van der Waals surface area contributed by atoms with Crippen LogP contribution in [0.15, 0.2) is 12.2 Å². The fraction of sp³-hybridized carbons (Fsp3) is 0.750. The first-order valence-electron chi connectivity index (χ1n) is 5.99. The summed E-state index contributed by atoms with van der Waals surface area (Å²) in [5, 5.41) is 3.40. The van der Waals surface area contributed by atoms with Crippen LogP contribution in [0.5, 0.6) is 0 Å². The van der Waals surface area contributed by atoms with Gasteiger partial charge >= 0.3 is 0 Å². The summed E-state index contributed by atoms with van der Waals surface area (Å²) < 4.78 is 0. The van der Waals surface area contributed by atoms with Gasteiger partial charge in [-0.1, -0.05) is 12.2 Å². The van der Waals surface area contributed by atoms with Gasteiger partial charge < -0.3 is 10.2 Å². The van der Waals surface area contributed by atoms with E-state index in [1.54, 1.807) is 0 Å². The van der Waals surface area contributed by atoms with Crippen molar-refractivity contribution >= 4 is 5.91 Å². The molecule has 3 heteroatoms. The number of allylic oxidation sites excluding steroid dienone is 2. The fourth-order valence-electron chi connectivity index (χ4n) is 3.11. The first-order valence-corrected chi connectivity index (χ1v) is 5.99. The Labute approximate surface area is 90.5 Å². The Kier molecular flexibility index (Phi) is 2.28. The van der Waals surface area contributed by atoms with Crippen molar-refractivity contribution < 1.29 is 4.79 Å². The van der Waals surface area contributed by atoms with Crippen LogP contribution >= 0.6 is 0 Å². The zero-order chi connectivity index (χ0) is 10.3. The van der Waals surface area contributed by atoms with Gasteiger partial charge in [0, 0.05) is 32.1 Å². The zero-order valence-corrected chi connectivity index (χ0v) is 8.98. The summed E-state index contributed by atoms with van der Waals surface area (Å²) in [4.78, 5) is 14.2. The van der Waals surface area contributed by atoms with E-state index in [9.17, 15) is 4.79 Å². The molecule has 2 atom stereocenters. The maximum Gasteiger partial charge on any atom is 0.226 e. The van der Waals surface area contributed by atoms with Crippen LogP contribution < -0.4 is 5.32 Å². The zero-order valence-electron chi connectivity index (χ0n) is 8.98. The largest absolute Gasteiger partial charge is 0.342 e. The molecule has 82 valence electrons. The summed E-state index contributed by atoms with van der Waals surface area (Å²) in [5.41, 5.74) is 0. The third-order valence-corrected chi connectivity index (χ3v) is 4.06. The number of hydrogen-bond acceptors (Lipinski definition) is 2. The minimum Gasteiger partial charge on any atom is -0.342 e. The van der Waals surface area contributed by atoms with Gasteiger partial charge in [0.2, 0.25) is 5.91 Å². The van der Waals surface area contributed by atoms with Crippen molar-refractivity contribution in [3.05, 3.63) is 12.2 Å². The van der Waals surface area contributed by atoms with Crippen LogP contribution in [0.25, 0.3) is 0 Å². The molecule has 0 spiro atoms. The Morgan fingerprint density at radius 2 is 1.73 bits per heavy atom. The van der Waals surface area contributed by atoms with Crippen molar-refractivity contribution in [1.82, 2.24) is 10.2 Å². The molecule has 1 amide bonds. The minimum absolute atomic E-state index is 0.261. The second-order valence-electron chi connectivity index (χ2n) is 5.06. The summed E-state index contributed by atoms with van der Waals surface area (Å²) in [6, 6.07) is 0. The Morgan fingerprint density at radius 3 is 2.33 bits per heavy atom. The molecule has 1 N–H and O–H groups in total. The van der Waals surface area contributed by atoms with E-state index in [0.717, 1.165) is 50.9 Å². The monoisotopic (exact) mass is 206 g/mol. The van der Waals surface area contributed by atoms with Crippen LogP contribution in [-0.4, -0.2) is 37.0 Å². The highest BCUT2D eigenvalue weighted by Crippen LogP contribution is 2.29. The predicted molar refractivity (Wildman–Crippen MR) is 58.3 cm³/mol. The van der Waals surface area contributed by atoms with Crippen molar-refractivity contribution in [2.45, 2.75) is 12.8 Å². The molecule has 0 radical (unpaired) electrons. The molecule has 15 heavy (non-hydrogen) atoms. The second-order valence-corrected chi connectivity index (χ2v) is 5.06. The highest BCUT2D eigenvalue weighted by molar-refractivity contribution is 5.80. The molecule has 2 fully saturated rings. The van der Waals surface area contributed by atoms with Gasteiger partial charge in [0.15, 0.2) is 0 Å². The van der Waals surface area contributed by atoms with Crippen LogP contribution in [0.4, 0.5) is 0 Å². The Balaban J connectivity index is 1.62. The van der Waals surface area contributed by atoms with Gasteiger partial charge in [-0.2, -0.15) is 0 Å². The molecule has 0 saturated carbocycles. The van der Waals surface area contributed by atoms with Crippen molar-refractivity contribution in [3.8, 4) is 0 Å². The van der Waals surface area contributed by atoms with Crippen molar-refractivity contribution in [3.63, 3.8) is 0 Å². The Morgan fingerprint density at radius 1 is 1.13 bits per heavy atom. The van der Waals surface area contributed by atoms with E-state index in [0.29, 0.717) is 5.91 Å². The molecule has 0 aromatic heterocycles. The van der Waals surface area contributed by atoms with Gasteiger partial charge in [0.05, 0.1) is 0 Å². The lowest BCUT2D eigenvalue weighted by atomic mass is 10.0. The van der Waals surface area contributed by atoms with Crippen LogP contribution in [0.1, 0.15) is 12.8 Å². The third-order valence-electron chi connectivity index (χ3n) is 4.06. The lowest BCUT2D eigenvalue weighted by Gasteiger charge is -2.21. The first-order chi connectivity index (χ1) is 7.34. The van der Waals surface area contributed by atoms with E-state index >= 15 is 0 Å². The summed E-state index contributed by atoms with van der Waals surface area (Å²) in [7, 11) is 0. The highest BCUT2D eigenvalue weighted by atomic mass is 16.2. The number of carbonyl (C=O) groups is 1. The number of likely N-dealkylation sites (tertiary alicyclic amines) is 1. The van der Waals surface area contributed by atoms with Crippen LogP contribution in [0.2, 0.25) is 0 Å². The molecule has 0 aromatic rings. The SMILES string of the molecule is O=C(C1CC=CC1)N1C[C@H]2CNC[C@H]2C1. The maximum atomic E-state index is 12.1. The number of hydrogen-bond donors (Lipinski definition) is 1. The van der Waals surface area contributed by atoms with Crippen molar-refractivity contribution in [2.75, 3.05) is 26.2 Å². The van der Waals surface area contributed by atoms with Crippen LogP contribution in [0, 0.1) is 17.8 Å². The van der Waals surface area contributed by atoms with E-state index in [1.165, 1.54) is 0 Å². The fourth-order valence-corrected chi connectivity index (χ4v) is 3.11. The summed E-state index contributed by atoms with van der Waals surface area (Å²) >= 11 is 0. The van der Waals surface area contributed by atoms with Gasteiger partial charge in [-0.15, -0.1) is 0 Å². The number of nitrogens with one attached hydrogen (secondary N) is 1. The Bertz CT molecular complexity index is 280. The van der Waals surface area contributed by atoms with E-state index < -0.39 is 0 Å². The quantitative estimate of drug-likeness (QED) is 0.638. The molecular formula is C12H18N2O. The number of nitrogens with zero attached hydrogens (tertiary/aromatic N) is 1. The smallest absolute Gasteiger partial charge is 0.226 e. The molecule has 0 aromatic carbocycles. The average Bonchev–Trinajstić information content (AvgIpc) is 2.92. The number of carbonyl (C=O) groups excluding carboxylic acids is 1. The number of amides is 1. The molecule has 0 bridgehead atoms. The lowest BCUT2D eigenvalue weighted by molar-refractivity contribution is -0.134. The molecule has 2 aliphatic heterocycles. The van der Waals surface area contributed by atoms with Gasteiger partial charge in [0.1, 0.15) is 0 Å². The minimum atomic E-state index is 0.261. The van der Waals surface area contributed by atoms with Gasteiger partial charge in [0.25, 0.3) is 0 Å². The third kappa shape index (κ3) is 1.59. The topological polar surface area (TPSA) is 32.3 Å². The maximum absolute atomic E-state index is 12.1. The van der Waals surface area contributed by atoms with E-state index in [1.807, 2.05) is 0 Å². The molecule has 1 aliphatic carbocycles.